The third-order valence-electron chi connectivity index (χ3n) is 3.46. The van der Waals surface area contributed by atoms with Crippen LogP contribution in [0.4, 0.5) is 0 Å². The number of benzene rings is 1. The molecule has 21 heavy (non-hydrogen) atoms. The van der Waals surface area contributed by atoms with Crippen molar-refractivity contribution in [3.05, 3.63) is 36.2 Å². The number of rotatable bonds is 7. The van der Waals surface area contributed by atoms with Crippen LogP contribution in [0, 0.1) is 0 Å². The van der Waals surface area contributed by atoms with E-state index < -0.39 is 0 Å². The maximum Gasteiger partial charge on any atom is 0.238 e. The number of para-hydroxylation sites is 1. The predicted molar refractivity (Wildman–Crippen MR) is 80.7 cm³/mol. The summed E-state index contributed by atoms with van der Waals surface area (Å²) in [5.41, 5.74) is 6.30. The van der Waals surface area contributed by atoms with E-state index in [1.807, 2.05) is 30.3 Å². The van der Waals surface area contributed by atoms with E-state index in [1.54, 1.807) is 0 Å². The molecule has 0 saturated carbocycles. The fourth-order valence-electron chi connectivity index (χ4n) is 2.32. The van der Waals surface area contributed by atoms with E-state index in [0.29, 0.717) is 17.5 Å². The fourth-order valence-corrected chi connectivity index (χ4v) is 2.32. The number of aromatic nitrogens is 2. The van der Waals surface area contributed by atoms with Gasteiger partial charge in [0.05, 0.1) is 0 Å². The van der Waals surface area contributed by atoms with Gasteiger partial charge < -0.3 is 14.7 Å². The molecular weight excluding hydrogens is 266 g/mol. The normalized spacial score (nSPS) is 11.3. The number of furan rings is 1. The smallest absolute Gasteiger partial charge is 0.238 e. The fraction of sp³-hybridized carbons (Fsp3) is 0.375. The first-order valence-electron chi connectivity index (χ1n) is 7.38. The molecule has 2 heterocycles. The van der Waals surface area contributed by atoms with Crippen molar-refractivity contribution in [1.82, 2.24) is 10.1 Å². The van der Waals surface area contributed by atoms with Crippen molar-refractivity contribution >= 4 is 11.0 Å². The van der Waals surface area contributed by atoms with Crippen molar-refractivity contribution in [3.8, 4) is 11.6 Å². The minimum absolute atomic E-state index is 0.517. The Morgan fingerprint density at radius 1 is 1.05 bits per heavy atom. The van der Waals surface area contributed by atoms with Crippen LogP contribution in [-0.2, 0) is 6.42 Å². The highest BCUT2D eigenvalue weighted by Gasteiger charge is 2.13. The van der Waals surface area contributed by atoms with Gasteiger partial charge in [-0.25, -0.2) is 0 Å². The van der Waals surface area contributed by atoms with Gasteiger partial charge in [0.15, 0.2) is 5.76 Å². The van der Waals surface area contributed by atoms with Crippen molar-refractivity contribution in [2.24, 2.45) is 5.73 Å². The van der Waals surface area contributed by atoms with Gasteiger partial charge in [0, 0.05) is 11.8 Å². The van der Waals surface area contributed by atoms with Crippen LogP contribution in [0.1, 0.15) is 31.6 Å². The summed E-state index contributed by atoms with van der Waals surface area (Å²) in [6.07, 6.45) is 5.22. The van der Waals surface area contributed by atoms with Crippen molar-refractivity contribution in [2.45, 2.75) is 32.1 Å². The summed E-state index contributed by atoms with van der Waals surface area (Å²) in [7, 11) is 0. The largest absolute Gasteiger partial charge is 0.453 e. The highest BCUT2D eigenvalue weighted by atomic mass is 16.5. The zero-order valence-electron chi connectivity index (χ0n) is 11.9. The third kappa shape index (κ3) is 3.31. The molecule has 0 aliphatic heterocycles. The average molecular weight is 285 g/mol. The van der Waals surface area contributed by atoms with Gasteiger partial charge in [-0.15, -0.1) is 0 Å². The number of fused-ring (bicyclic) bond motifs is 1. The Hall–Kier alpha value is -2.14. The molecule has 0 aliphatic carbocycles. The van der Waals surface area contributed by atoms with Gasteiger partial charge in [-0.3, -0.25) is 0 Å². The molecule has 0 atom stereocenters. The summed E-state index contributed by atoms with van der Waals surface area (Å²) in [6.45, 7) is 0.761. The standard InChI is InChI=1S/C16H19N3O2/c17-10-6-2-1-3-9-15-18-16(19-21-15)14-11-12-7-4-5-8-13(12)20-14/h4-5,7-8,11H,1-3,6,9-10,17H2. The maximum atomic E-state index is 5.73. The molecule has 0 saturated heterocycles. The van der Waals surface area contributed by atoms with E-state index in [9.17, 15) is 0 Å². The molecule has 0 amide bonds. The lowest BCUT2D eigenvalue weighted by atomic mass is 10.1. The Labute approximate surface area is 123 Å². The highest BCUT2D eigenvalue weighted by molar-refractivity contribution is 5.81. The second-order valence-corrected chi connectivity index (χ2v) is 5.11. The summed E-state index contributed by atoms with van der Waals surface area (Å²) in [5.74, 6) is 1.83. The minimum atomic E-state index is 0.517. The van der Waals surface area contributed by atoms with Crippen LogP contribution in [0.3, 0.4) is 0 Å². The Balaban J connectivity index is 1.64. The summed E-state index contributed by atoms with van der Waals surface area (Å²) in [5, 5.41) is 5.04. The molecule has 3 aromatic rings. The van der Waals surface area contributed by atoms with E-state index in [0.717, 1.165) is 49.6 Å². The Morgan fingerprint density at radius 3 is 2.76 bits per heavy atom. The first kappa shape index (κ1) is 13.8. The van der Waals surface area contributed by atoms with E-state index in [1.165, 1.54) is 0 Å². The zero-order valence-corrected chi connectivity index (χ0v) is 11.9. The van der Waals surface area contributed by atoms with Gasteiger partial charge in [0.2, 0.25) is 11.7 Å². The van der Waals surface area contributed by atoms with E-state index in [4.69, 9.17) is 14.7 Å². The molecular formula is C16H19N3O2. The average Bonchev–Trinajstić information content (AvgIpc) is 3.13. The second-order valence-electron chi connectivity index (χ2n) is 5.11. The molecule has 0 fully saturated rings. The van der Waals surface area contributed by atoms with Crippen LogP contribution in [0.25, 0.3) is 22.6 Å². The van der Waals surface area contributed by atoms with Crippen LogP contribution in [0.5, 0.6) is 0 Å². The number of unbranched alkanes of at least 4 members (excludes halogenated alkanes) is 3. The van der Waals surface area contributed by atoms with Crippen LogP contribution < -0.4 is 5.73 Å². The van der Waals surface area contributed by atoms with Crippen molar-refractivity contribution < 1.29 is 8.94 Å². The van der Waals surface area contributed by atoms with Crippen LogP contribution in [-0.4, -0.2) is 16.7 Å². The molecule has 1 aromatic carbocycles. The lowest BCUT2D eigenvalue weighted by Crippen LogP contribution is -1.97. The number of nitrogens with two attached hydrogens (primary N) is 1. The van der Waals surface area contributed by atoms with Crippen LogP contribution >= 0.6 is 0 Å². The third-order valence-corrected chi connectivity index (χ3v) is 3.46. The van der Waals surface area contributed by atoms with Gasteiger partial charge >= 0.3 is 0 Å². The molecule has 110 valence electrons. The monoisotopic (exact) mass is 285 g/mol. The first-order chi connectivity index (χ1) is 10.4. The molecule has 0 radical (unpaired) electrons. The van der Waals surface area contributed by atoms with Gasteiger partial charge in [-0.05, 0) is 31.5 Å². The number of aryl methyl sites for hydroxylation is 1. The minimum Gasteiger partial charge on any atom is -0.453 e. The second kappa shape index (κ2) is 6.54. The van der Waals surface area contributed by atoms with Crippen LogP contribution in [0.2, 0.25) is 0 Å². The number of hydrogen-bond donors (Lipinski definition) is 1. The van der Waals surface area contributed by atoms with E-state index in [2.05, 4.69) is 10.1 Å². The summed E-state index contributed by atoms with van der Waals surface area (Å²) >= 11 is 0. The lowest BCUT2D eigenvalue weighted by molar-refractivity contribution is 0.373. The van der Waals surface area contributed by atoms with Gasteiger partial charge in [0.25, 0.3) is 0 Å². The van der Waals surface area contributed by atoms with Crippen molar-refractivity contribution in [1.29, 1.82) is 0 Å². The van der Waals surface area contributed by atoms with Crippen molar-refractivity contribution in [2.75, 3.05) is 6.54 Å². The van der Waals surface area contributed by atoms with E-state index >= 15 is 0 Å². The van der Waals surface area contributed by atoms with Gasteiger partial charge in [-0.1, -0.05) is 36.2 Å². The Bertz CT molecular complexity index is 669. The van der Waals surface area contributed by atoms with Crippen LogP contribution in [0.15, 0.2) is 39.3 Å². The molecule has 0 unspecified atom stereocenters. The molecule has 0 spiro atoms. The first-order valence-corrected chi connectivity index (χ1v) is 7.38. The Morgan fingerprint density at radius 2 is 1.90 bits per heavy atom. The number of nitrogens with zero attached hydrogens (tertiary/aromatic N) is 2. The SMILES string of the molecule is NCCCCCCc1nc(-c2cc3ccccc3o2)no1. The molecule has 5 nitrogen and oxygen atoms in total. The summed E-state index contributed by atoms with van der Waals surface area (Å²) in [6, 6.07) is 9.78. The lowest BCUT2D eigenvalue weighted by Gasteiger charge is -1.95. The molecule has 2 N–H and O–H groups in total. The Kier molecular flexibility index (Phi) is 4.31. The predicted octanol–water partition coefficient (Wildman–Crippen LogP) is 3.54. The maximum absolute atomic E-state index is 5.73. The number of hydrogen-bond acceptors (Lipinski definition) is 5. The van der Waals surface area contributed by atoms with E-state index in [-0.39, 0.29) is 0 Å². The molecule has 0 bridgehead atoms. The topological polar surface area (TPSA) is 78.1 Å². The molecule has 5 heteroatoms. The zero-order chi connectivity index (χ0) is 14.5. The van der Waals surface area contributed by atoms with Gasteiger partial charge in [0.1, 0.15) is 5.58 Å². The highest BCUT2D eigenvalue weighted by Crippen LogP contribution is 2.25. The quantitative estimate of drug-likeness (QED) is 0.672. The molecule has 3 rings (SSSR count). The van der Waals surface area contributed by atoms with Gasteiger partial charge in [-0.2, -0.15) is 4.98 Å². The molecule has 2 aromatic heterocycles. The summed E-state index contributed by atoms with van der Waals surface area (Å²) in [4.78, 5) is 4.40. The molecule has 0 aliphatic rings. The van der Waals surface area contributed by atoms with Crippen molar-refractivity contribution in [3.63, 3.8) is 0 Å². The summed E-state index contributed by atoms with van der Waals surface area (Å²) < 4.78 is 11.0.